The molecule has 10 heteroatoms. The van der Waals surface area contributed by atoms with Crippen LogP contribution in [0.1, 0.15) is 6.42 Å². The molecular formula is C14H18N8O2. The van der Waals surface area contributed by atoms with Crippen molar-refractivity contribution < 1.29 is 0 Å². The summed E-state index contributed by atoms with van der Waals surface area (Å²) in [4.78, 5) is 40.3. The minimum absolute atomic E-state index is 0.205. The van der Waals surface area contributed by atoms with Crippen LogP contribution in [0.4, 0.5) is 11.8 Å². The summed E-state index contributed by atoms with van der Waals surface area (Å²) in [6.07, 6.45) is 3.85. The predicted octanol–water partition coefficient (Wildman–Crippen LogP) is -0.585. The maximum Gasteiger partial charge on any atom is 0.349 e. The Balaban J connectivity index is 1.80. The maximum atomic E-state index is 12.0. The Morgan fingerprint density at radius 3 is 2.67 bits per heavy atom. The zero-order valence-corrected chi connectivity index (χ0v) is 13.4. The summed E-state index contributed by atoms with van der Waals surface area (Å²) in [6.45, 7) is 1.05. The SMILES string of the molecule is CN(C)c1nc2c(ncn2CCCn2ccc(N)nc2=O)c(=O)[nH]1. The first kappa shape index (κ1) is 15.7. The van der Waals surface area contributed by atoms with Gasteiger partial charge in [0.1, 0.15) is 5.82 Å². The van der Waals surface area contributed by atoms with E-state index in [-0.39, 0.29) is 17.1 Å². The number of nitrogens with zero attached hydrogens (tertiary/aromatic N) is 6. The molecule has 0 fully saturated rings. The number of nitrogens with one attached hydrogen (secondary N) is 1. The van der Waals surface area contributed by atoms with Gasteiger partial charge in [0, 0.05) is 33.4 Å². The second-order valence-corrected chi connectivity index (χ2v) is 5.58. The standard InChI is InChI=1S/C14H18N8O2/c1-20(2)13-18-11-10(12(23)19-13)16-8-22(11)6-3-5-21-7-4-9(15)17-14(21)24/h4,7-8H,3,5-6H2,1-2H3,(H2,15,17,24)(H,18,19,23). The lowest BCUT2D eigenvalue weighted by Crippen LogP contribution is -2.23. The van der Waals surface area contributed by atoms with Gasteiger partial charge in [0.15, 0.2) is 11.2 Å². The van der Waals surface area contributed by atoms with E-state index in [2.05, 4.69) is 19.9 Å². The predicted molar refractivity (Wildman–Crippen MR) is 90.0 cm³/mol. The van der Waals surface area contributed by atoms with E-state index in [1.165, 1.54) is 4.57 Å². The Labute approximate surface area is 136 Å². The van der Waals surface area contributed by atoms with Crippen molar-refractivity contribution in [3.05, 3.63) is 39.4 Å². The normalized spacial score (nSPS) is 11.1. The number of nitrogen functional groups attached to an aromatic ring is 1. The number of aryl methyl sites for hydroxylation is 2. The van der Waals surface area contributed by atoms with E-state index in [1.54, 1.807) is 42.2 Å². The van der Waals surface area contributed by atoms with Gasteiger partial charge in [0.05, 0.1) is 6.33 Å². The summed E-state index contributed by atoms with van der Waals surface area (Å²) >= 11 is 0. The largest absolute Gasteiger partial charge is 0.383 e. The van der Waals surface area contributed by atoms with Crippen LogP contribution in [0.15, 0.2) is 28.2 Å². The number of anilines is 2. The van der Waals surface area contributed by atoms with Crippen LogP contribution in [0, 0.1) is 0 Å². The fourth-order valence-electron chi connectivity index (χ4n) is 2.34. The molecule has 0 spiro atoms. The van der Waals surface area contributed by atoms with Crippen LogP contribution in [0.3, 0.4) is 0 Å². The number of aromatic amines is 1. The molecule has 0 bridgehead atoms. The van der Waals surface area contributed by atoms with E-state index in [1.807, 2.05) is 0 Å². The lowest BCUT2D eigenvalue weighted by atomic mass is 10.4. The number of nitrogens with two attached hydrogens (primary N) is 1. The van der Waals surface area contributed by atoms with Crippen LogP contribution in [0.2, 0.25) is 0 Å². The number of rotatable bonds is 5. The number of hydrogen-bond acceptors (Lipinski definition) is 7. The molecule has 0 amide bonds. The van der Waals surface area contributed by atoms with Crippen molar-refractivity contribution in [2.45, 2.75) is 19.5 Å². The summed E-state index contributed by atoms with van der Waals surface area (Å²) in [5, 5.41) is 0. The molecule has 0 radical (unpaired) electrons. The highest BCUT2D eigenvalue weighted by Crippen LogP contribution is 2.10. The molecule has 0 saturated carbocycles. The van der Waals surface area contributed by atoms with E-state index in [0.29, 0.717) is 36.6 Å². The van der Waals surface area contributed by atoms with E-state index in [4.69, 9.17) is 5.73 Å². The summed E-state index contributed by atoms with van der Waals surface area (Å²) in [5.74, 6) is 0.671. The van der Waals surface area contributed by atoms with Crippen molar-refractivity contribution in [3.63, 3.8) is 0 Å². The highest BCUT2D eigenvalue weighted by molar-refractivity contribution is 5.70. The molecule has 0 aliphatic rings. The van der Waals surface area contributed by atoms with Crippen LogP contribution in [-0.2, 0) is 13.1 Å². The van der Waals surface area contributed by atoms with Gasteiger partial charge < -0.3 is 15.2 Å². The van der Waals surface area contributed by atoms with E-state index >= 15 is 0 Å². The molecule has 0 atom stereocenters. The third kappa shape index (κ3) is 2.98. The van der Waals surface area contributed by atoms with Crippen molar-refractivity contribution >= 4 is 22.9 Å². The van der Waals surface area contributed by atoms with E-state index < -0.39 is 0 Å². The monoisotopic (exact) mass is 330 g/mol. The van der Waals surface area contributed by atoms with Crippen LogP contribution in [0.25, 0.3) is 11.2 Å². The minimum Gasteiger partial charge on any atom is -0.383 e. The molecule has 0 aliphatic carbocycles. The first-order valence-electron chi connectivity index (χ1n) is 7.41. The van der Waals surface area contributed by atoms with Gasteiger partial charge >= 0.3 is 5.69 Å². The van der Waals surface area contributed by atoms with Crippen molar-refractivity contribution in [1.82, 2.24) is 29.1 Å². The minimum atomic E-state index is -0.380. The fourth-order valence-corrected chi connectivity index (χ4v) is 2.34. The molecule has 126 valence electrons. The van der Waals surface area contributed by atoms with Gasteiger partial charge in [-0.25, -0.2) is 9.78 Å². The van der Waals surface area contributed by atoms with Gasteiger partial charge in [-0.15, -0.1) is 0 Å². The van der Waals surface area contributed by atoms with Crippen molar-refractivity contribution in [2.24, 2.45) is 0 Å². The summed E-state index contributed by atoms with van der Waals surface area (Å²) in [7, 11) is 3.59. The molecule has 3 rings (SSSR count). The molecule has 0 unspecified atom stereocenters. The van der Waals surface area contributed by atoms with Gasteiger partial charge in [0.25, 0.3) is 5.56 Å². The maximum absolute atomic E-state index is 12.0. The molecule has 3 N–H and O–H groups in total. The average molecular weight is 330 g/mol. The second kappa shape index (κ2) is 6.14. The smallest absolute Gasteiger partial charge is 0.349 e. The highest BCUT2D eigenvalue weighted by atomic mass is 16.1. The number of H-pyrrole nitrogens is 1. The van der Waals surface area contributed by atoms with E-state index in [0.717, 1.165) is 0 Å². The zero-order chi connectivity index (χ0) is 17.3. The van der Waals surface area contributed by atoms with Crippen LogP contribution in [-0.4, -0.2) is 43.2 Å². The number of fused-ring (bicyclic) bond motifs is 1. The zero-order valence-electron chi connectivity index (χ0n) is 13.4. The Morgan fingerprint density at radius 1 is 1.21 bits per heavy atom. The Bertz CT molecular complexity index is 984. The molecule has 0 aromatic carbocycles. The Hall–Kier alpha value is -3.17. The first-order chi connectivity index (χ1) is 11.5. The number of aromatic nitrogens is 6. The highest BCUT2D eigenvalue weighted by Gasteiger charge is 2.11. The van der Waals surface area contributed by atoms with Crippen molar-refractivity contribution in [3.8, 4) is 0 Å². The summed E-state index contributed by atoms with van der Waals surface area (Å²) < 4.78 is 3.29. The fraction of sp³-hybridized carbons (Fsp3) is 0.357. The number of imidazole rings is 1. The molecule has 10 nitrogen and oxygen atoms in total. The first-order valence-corrected chi connectivity index (χ1v) is 7.41. The summed E-state index contributed by atoms with van der Waals surface area (Å²) in [6, 6.07) is 1.58. The lowest BCUT2D eigenvalue weighted by Gasteiger charge is -2.11. The molecule has 0 saturated heterocycles. The van der Waals surface area contributed by atoms with Crippen LogP contribution < -0.4 is 21.9 Å². The summed E-state index contributed by atoms with van der Waals surface area (Å²) in [5.41, 5.74) is 5.63. The van der Waals surface area contributed by atoms with Crippen molar-refractivity contribution in [2.75, 3.05) is 24.7 Å². The quantitative estimate of drug-likeness (QED) is 0.640. The Kier molecular flexibility index (Phi) is 4.02. The van der Waals surface area contributed by atoms with Gasteiger partial charge in [-0.05, 0) is 12.5 Å². The third-order valence-corrected chi connectivity index (χ3v) is 3.58. The molecule has 3 heterocycles. The van der Waals surface area contributed by atoms with Crippen LogP contribution >= 0.6 is 0 Å². The second-order valence-electron chi connectivity index (χ2n) is 5.58. The lowest BCUT2D eigenvalue weighted by molar-refractivity contribution is 0.551. The molecule has 3 aromatic heterocycles. The van der Waals surface area contributed by atoms with E-state index in [9.17, 15) is 9.59 Å². The van der Waals surface area contributed by atoms with Gasteiger partial charge in [-0.3, -0.25) is 14.3 Å². The van der Waals surface area contributed by atoms with Gasteiger partial charge in [-0.1, -0.05) is 0 Å². The topological polar surface area (TPSA) is 128 Å². The molecule has 0 aliphatic heterocycles. The molecule has 3 aromatic rings. The third-order valence-electron chi connectivity index (χ3n) is 3.58. The van der Waals surface area contributed by atoms with Crippen molar-refractivity contribution in [1.29, 1.82) is 0 Å². The average Bonchev–Trinajstić information content (AvgIpc) is 2.93. The number of hydrogen-bond donors (Lipinski definition) is 2. The van der Waals surface area contributed by atoms with Gasteiger partial charge in [-0.2, -0.15) is 9.97 Å². The van der Waals surface area contributed by atoms with Gasteiger partial charge in [0.2, 0.25) is 5.95 Å². The molecule has 24 heavy (non-hydrogen) atoms. The van der Waals surface area contributed by atoms with Crippen LogP contribution in [0.5, 0.6) is 0 Å². The Morgan fingerprint density at radius 2 is 1.96 bits per heavy atom. The molecular weight excluding hydrogens is 312 g/mol.